The van der Waals surface area contributed by atoms with Gasteiger partial charge < -0.3 is 5.11 Å². The van der Waals surface area contributed by atoms with E-state index in [0.717, 1.165) is 10.4 Å². The minimum absolute atomic E-state index is 0.215. The van der Waals surface area contributed by atoms with Gasteiger partial charge in [0.1, 0.15) is 17.3 Å². The van der Waals surface area contributed by atoms with Gasteiger partial charge in [0, 0.05) is 18.7 Å². The Labute approximate surface area is 119 Å². The van der Waals surface area contributed by atoms with Crippen LogP contribution in [-0.4, -0.2) is 37.5 Å². The normalized spacial score (nSPS) is 12.9. The molecule has 0 fully saturated rings. The van der Waals surface area contributed by atoms with E-state index < -0.39 is 15.8 Å². The van der Waals surface area contributed by atoms with Gasteiger partial charge in [-0.25, -0.2) is 12.8 Å². The Kier molecular flexibility index (Phi) is 5.69. The lowest BCUT2D eigenvalue weighted by Gasteiger charge is -2.23. The van der Waals surface area contributed by atoms with Gasteiger partial charge in [-0.3, -0.25) is 0 Å². The molecule has 0 aliphatic heterocycles. The van der Waals surface area contributed by atoms with E-state index in [9.17, 15) is 12.8 Å². The van der Waals surface area contributed by atoms with E-state index in [1.807, 2.05) is 6.92 Å². The number of aliphatic hydroxyl groups is 1. The zero-order valence-corrected chi connectivity index (χ0v) is 12.5. The quantitative estimate of drug-likeness (QED) is 0.859. The van der Waals surface area contributed by atoms with E-state index in [0.29, 0.717) is 12.0 Å². The average Bonchev–Trinajstić information content (AvgIpc) is 2.43. The molecule has 1 aromatic carbocycles. The lowest BCUT2D eigenvalue weighted by atomic mass is 10.2. The molecule has 0 aliphatic carbocycles. The second kappa shape index (κ2) is 6.84. The Morgan fingerprint density at radius 2 is 2.10 bits per heavy atom. The van der Waals surface area contributed by atoms with E-state index in [4.69, 9.17) is 5.11 Å². The highest BCUT2D eigenvalue weighted by molar-refractivity contribution is 7.89. The van der Waals surface area contributed by atoms with Crippen LogP contribution in [0.1, 0.15) is 25.8 Å². The maximum Gasteiger partial charge on any atom is 0.245 e. The van der Waals surface area contributed by atoms with Gasteiger partial charge in [-0.1, -0.05) is 18.8 Å². The van der Waals surface area contributed by atoms with Crippen molar-refractivity contribution < 1.29 is 17.9 Å². The zero-order chi connectivity index (χ0) is 15.3. The number of hydrogen-bond donors (Lipinski definition) is 1. The first-order valence-electron chi connectivity index (χ1n) is 6.21. The molecule has 0 amide bonds. The molecule has 1 unspecified atom stereocenters. The highest BCUT2D eigenvalue weighted by Gasteiger charge is 2.27. The smallest absolute Gasteiger partial charge is 0.245 e. The summed E-state index contributed by atoms with van der Waals surface area (Å²) in [4.78, 5) is -0.366. The summed E-state index contributed by atoms with van der Waals surface area (Å²) in [6, 6.07) is 3.46. The molecule has 20 heavy (non-hydrogen) atoms. The summed E-state index contributed by atoms with van der Waals surface area (Å²) in [7, 11) is -2.42. The third kappa shape index (κ3) is 3.57. The predicted octanol–water partition coefficient (Wildman–Crippen LogP) is 1.59. The first-order chi connectivity index (χ1) is 9.34. The lowest BCUT2D eigenvalue weighted by molar-refractivity contribution is 0.350. The topological polar surface area (TPSA) is 57.6 Å². The van der Waals surface area contributed by atoms with E-state index in [2.05, 4.69) is 11.8 Å². The van der Waals surface area contributed by atoms with Gasteiger partial charge in [0.05, 0.1) is 0 Å². The molecule has 0 aromatic heterocycles. The highest BCUT2D eigenvalue weighted by Crippen LogP contribution is 2.21. The highest BCUT2D eigenvalue weighted by atomic mass is 32.2. The molecule has 110 valence electrons. The van der Waals surface area contributed by atoms with Gasteiger partial charge in [0.2, 0.25) is 10.0 Å². The number of aliphatic hydroxyl groups excluding tert-OH is 1. The number of benzene rings is 1. The summed E-state index contributed by atoms with van der Waals surface area (Å²) in [6.07, 6.45) is 0.636. The van der Waals surface area contributed by atoms with Gasteiger partial charge in [0.25, 0.3) is 0 Å². The van der Waals surface area contributed by atoms with E-state index in [1.165, 1.54) is 19.2 Å². The van der Waals surface area contributed by atoms with Crippen molar-refractivity contribution >= 4 is 10.0 Å². The van der Waals surface area contributed by atoms with Crippen LogP contribution < -0.4 is 0 Å². The third-order valence-electron chi connectivity index (χ3n) is 3.11. The second-order valence-corrected chi connectivity index (χ2v) is 6.35. The largest absolute Gasteiger partial charge is 0.384 e. The number of hydrogen-bond acceptors (Lipinski definition) is 3. The van der Waals surface area contributed by atoms with Crippen LogP contribution in [0, 0.1) is 17.7 Å². The number of halogens is 1. The average molecular weight is 299 g/mol. The fourth-order valence-corrected chi connectivity index (χ4v) is 3.06. The Balaban J connectivity index is 3.20. The van der Waals surface area contributed by atoms with Gasteiger partial charge in [-0.05, 0) is 31.5 Å². The van der Waals surface area contributed by atoms with Crippen molar-refractivity contribution in [2.24, 2.45) is 0 Å². The molecule has 0 saturated heterocycles. The maximum absolute atomic E-state index is 14.0. The molecule has 0 spiro atoms. The molecule has 1 aromatic rings. The van der Waals surface area contributed by atoms with Crippen molar-refractivity contribution in [2.45, 2.75) is 31.2 Å². The SMILES string of the molecule is CCC(C)N(C)S(=O)(=O)c1ccc(C#CCO)cc1F. The second-order valence-electron chi connectivity index (χ2n) is 4.38. The van der Waals surface area contributed by atoms with Crippen LogP contribution in [0.3, 0.4) is 0 Å². The Hall–Kier alpha value is -1.42. The Morgan fingerprint density at radius 1 is 1.45 bits per heavy atom. The van der Waals surface area contributed by atoms with Crippen molar-refractivity contribution in [1.29, 1.82) is 0 Å². The fraction of sp³-hybridized carbons (Fsp3) is 0.429. The molecule has 0 bridgehead atoms. The van der Waals surface area contributed by atoms with Crippen LogP contribution in [0.4, 0.5) is 4.39 Å². The summed E-state index contributed by atoms with van der Waals surface area (Å²) in [5.74, 6) is 4.06. The van der Waals surface area contributed by atoms with Crippen molar-refractivity contribution in [1.82, 2.24) is 4.31 Å². The van der Waals surface area contributed by atoms with E-state index >= 15 is 0 Å². The van der Waals surface area contributed by atoms with Crippen LogP contribution in [0.25, 0.3) is 0 Å². The zero-order valence-electron chi connectivity index (χ0n) is 11.7. The minimum Gasteiger partial charge on any atom is -0.384 e. The fourth-order valence-electron chi connectivity index (χ4n) is 1.58. The summed E-state index contributed by atoms with van der Waals surface area (Å²) in [5.41, 5.74) is 0.321. The summed E-state index contributed by atoms with van der Waals surface area (Å²) in [5, 5.41) is 8.57. The van der Waals surface area contributed by atoms with Crippen molar-refractivity contribution in [3.8, 4) is 11.8 Å². The van der Waals surface area contributed by atoms with E-state index in [-0.39, 0.29) is 17.5 Å². The number of nitrogens with zero attached hydrogens (tertiary/aromatic N) is 1. The maximum atomic E-state index is 14.0. The first-order valence-corrected chi connectivity index (χ1v) is 7.66. The van der Waals surface area contributed by atoms with Crippen molar-refractivity contribution in [3.05, 3.63) is 29.6 Å². The van der Waals surface area contributed by atoms with Crippen LogP contribution in [0.5, 0.6) is 0 Å². The van der Waals surface area contributed by atoms with Crippen LogP contribution in [0.2, 0.25) is 0 Å². The molecule has 0 saturated carbocycles. The molecular weight excluding hydrogens is 281 g/mol. The van der Waals surface area contributed by atoms with Crippen molar-refractivity contribution in [3.63, 3.8) is 0 Å². The van der Waals surface area contributed by atoms with Gasteiger partial charge in [0.15, 0.2) is 0 Å². The van der Waals surface area contributed by atoms with Gasteiger partial charge in [-0.15, -0.1) is 0 Å². The standard InChI is InChI=1S/C14H18FNO3S/c1-4-11(2)16(3)20(18,19)14-8-7-12(6-5-9-17)10-13(14)15/h7-8,10-11,17H,4,9H2,1-3H3. The lowest BCUT2D eigenvalue weighted by Crippen LogP contribution is -2.35. The van der Waals surface area contributed by atoms with Crippen molar-refractivity contribution in [2.75, 3.05) is 13.7 Å². The molecule has 1 rings (SSSR count). The third-order valence-corrected chi connectivity index (χ3v) is 5.12. The van der Waals surface area contributed by atoms with Crippen LogP contribution >= 0.6 is 0 Å². The van der Waals surface area contributed by atoms with Gasteiger partial charge >= 0.3 is 0 Å². The summed E-state index contributed by atoms with van der Waals surface area (Å²) < 4.78 is 39.7. The molecule has 0 radical (unpaired) electrons. The predicted molar refractivity (Wildman–Crippen MR) is 75.1 cm³/mol. The monoisotopic (exact) mass is 299 g/mol. The number of sulfonamides is 1. The molecule has 1 atom stereocenters. The molecular formula is C14H18FNO3S. The van der Waals surface area contributed by atoms with Gasteiger partial charge in [-0.2, -0.15) is 4.31 Å². The molecule has 4 nitrogen and oxygen atoms in total. The molecule has 0 heterocycles. The van der Waals surface area contributed by atoms with Crippen LogP contribution in [0.15, 0.2) is 23.1 Å². The molecule has 1 N–H and O–H groups in total. The molecule has 0 aliphatic rings. The first kappa shape index (κ1) is 16.6. The molecule has 6 heteroatoms. The Bertz CT molecular complexity index is 632. The summed E-state index contributed by atoms with van der Waals surface area (Å²) >= 11 is 0. The summed E-state index contributed by atoms with van der Waals surface area (Å²) in [6.45, 7) is 3.29. The van der Waals surface area contributed by atoms with Crippen LogP contribution in [-0.2, 0) is 10.0 Å². The minimum atomic E-state index is -3.86. The Morgan fingerprint density at radius 3 is 2.60 bits per heavy atom. The number of rotatable bonds is 4. The van der Waals surface area contributed by atoms with E-state index in [1.54, 1.807) is 6.92 Å².